The van der Waals surface area contributed by atoms with E-state index in [0.717, 1.165) is 0 Å². The minimum absolute atomic E-state index is 0.335. The van der Waals surface area contributed by atoms with Crippen LogP contribution in [0.15, 0.2) is 23.4 Å². The van der Waals surface area contributed by atoms with E-state index in [1.165, 1.54) is 11.6 Å². The van der Waals surface area contributed by atoms with Crippen LogP contribution >= 0.6 is 0 Å². The Kier molecular flexibility index (Phi) is 1.74. The second-order valence-corrected chi connectivity index (χ2v) is 11.3. The molecular formula is C13H18OSi. The third kappa shape index (κ3) is 1.17. The smallest absolute Gasteiger partial charge is 0.158 e. The molecule has 0 aromatic heterocycles. The topological polar surface area (TPSA) is 17.1 Å². The van der Waals surface area contributed by atoms with Gasteiger partial charge in [0.2, 0.25) is 0 Å². The quantitative estimate of drug-likeness (QED) is 0.488. The van der Waals surface area contributed by atoms with Crippen molar-refractivity contribution in [3.8, 4) is 0 Å². The van der Waals surface area contributed by atoms with Crippen LogP contribution in [0.1, 0.15) is 6.42 Å². The van der Waals surface area contributed by atoms with Gasteiger partial charge in [-0.05, 0) is 29.4 Å². The predicted molar refractivity (Wildman–Crippen MR) is 64.2 cm³/mol. The maximum absolute atomic E-state index is 12.4. The van der Waals surface area contributed by atoms with E-state index in [4.69, 9.17) is 0 Å². The SMILES string of the molecule is C[Si](C)(C)C1=CC2C3C=CC(C3)C2C1=O. The van der Waals surface area contributed by atoms with Crippen LogP contribution < -0.4 is 0 Å². The van der Waals surface area contributed by atoms with Crippen molar-refractivity contribution in [3.05, 3.63) is 23.4 Å². The molecule has 0 spiro atoms. The molecule has 1 fully saturated rings. The lowest BCUT2D eigenvalue weighted by molar-refractivity contribution is -0.119. The minimum atomic E-state index is -1.40. The highest BCUT2D eigenvalue weighted by Crippen LogP contribution is 2.53. The fourth-order valence-electron chi connectivity index (χ4n) is 3.53. The Labute approximate surface area is 92.3 Å². The molecule has 0 aliphatic heterocycles. The van der Waals surface area contributed by atoms with Crippen LogP contribution in [0.3, 0.4) is 0 Å². The first-order valence-electron chi connectivity index (χ1n) is 5.93. The number of fused-ring (bicyclic) bond motifs is 5. The van der Waals surface area contributed by atoms with Crippen molar-refractivity contribution in [2.45, 2.75) is 26.1 Å². The molecule has 4 atom stereocenters. The molecule has 0 amide bonds. The van der Waals surface area contributed by atoms with Gasteiger partial charge in [0.1, 0.15) is 0 Å². The van der Waals surface area contributed by atoms with E-state index in [1.54, 1.807) is 0 Å². The van der Waals surface area contributed by atoms with Crippen molar-refractivity contribution in [1.82, 2.24) is 0 Å². The van der Waals surface area contributed by atoms with E-state index in [0.29, 0.717) is 29.5 Å². The van der Waals surface area contributed by atoms with Crippen LogP contribution in [-0.4, -0.2) is 13.9 Å². The number of hydrogen-bond acceptors (Lipinski definition) is 1. The van der Waals surface area contributed by atoms with Crippen LogP contribution in [0.5, 0.6) is 0 Å². The first-order chi connectivity index (χ1) is 6.98. The fourth-order valence-corrected chi connectivity index (χ4v) is 5.13. The highest BCUT2D eigenvalue weighted by atomic mass is 28.3. The van der Waals surface area contributed by atoms with Crippen molar-refractivity contribution in [2.24, 2.45) is 23.7 Å². The lowest BCUT2D eigenvalue weighted by Crippen LogP contribution is -2.31. The molecular weight excluding hydrogens is 200 g/mol. The van der Waals surface area contributed by atoms with Gasteiger partial charge in [-0.15, -0.1) is 0 Å². The summed E-state index contributed by atoms with van der Waals surface area (Å²) in [6.45, 7) is 6.85. The Morgan fingerprint density at radius 3 is 2.47 bits per heavy atom. The number of rotatable bonds is 1. The molecule has 80 valence electrons. The molecule has 2 bridgehead atoms. The van der Waals surface area contributed by atoms with Gasteiger partial charge in [0.15, 0.2) is 5.78 Å². The fraction of sp³-hybridized carbons (Fsp3) is 0.615. The Morgan fingerprint density at radius 2 is 1.87 bits per heavy atom. The van der Waals surface area contributed by atoms with Gasteiger partial charge in [0.05, 0.1) is 8.07 Å². The number of Topliss-reactive ketones (excluding diaryl/α,β-unsaturated/α-hetero) is 1. The lowest BCUT2D eigenvalue weighted by Gasteiger charge is -2.20. The van der Waals surface area contributed by atoms with Crippen molar-refractivity contribution >= 4 is 13.9 Å². The molecule has 3 aliphatic rings. The van der Waals surface area contributed by atoms with Crippen LogP contribution in [0, 0.1) is 23.7 Å². The summed E-state index contributed by atoms with van der Waals surface area (Å²) >= 11 is 0. The lowest BCUT2D eigenvalue weighted by atomic mass is 9.85. The molecule has 0 heterocycles. The Morgan fingerprint density at radius 1 is 1.20 bits per heavy atom. The number of ketones is 1. The monoisotopic (exact) mass is 218 g/mol. The average molecular weight is 218 g/mol. The van der Waals surface area contributed by atoms with Crippen molar-refractivity contribution in [2.75, 3.05) is 0 Å². The Bertz CT molecular complexity index is 386. The van der Waals surface area contributed by atoms with Gasteiger partial charge in [0.25, 0.3) is 0 Å². The number of carbonyl (C=O) groups excluding carboxylic acids is 1. The standard InChI is InChI=1S/C13H18OSi/c1-15(2,3)11-7-10-8-4-5-9(6-8)12(10)13(11)14/h4-5,7-10,12H,6H2,1-3H3. The summed E-state index contributed by atoms with van der Waals surface area (Å²) < 4.78 is 0. The van der Waals surface area contributed by atoms with Gasteiger partial charge in [0, 0.05) is 5.92 Å². The van der Waals surface area contributed by atoms with Gasteiger partial charge in [-0.1, -0.05) is 37.9 Å². The van der Waals surface area contributed by atoms with Crippen LogP contribution in [0.4, 0.5) is 0 Å². The van der Waals surface area contributed by atoms with Crippen LogP contribution in [0.25, 0.3) is 0 Å². The summed E-state index contributed by atoms with van der Waals surface area (Å²) in [5.74, 6) is 2.64. The number of hydrogen-bond donors (Lipinski definition) is 0. The second kappa shape index (κ2) is 2.73. The minimum Gasteiger partial charge on any atom is -0.295 e. The molecule has 3 aliphatic carbocycles. The van der Waals surface area contributed by atoms with E-state index < -0.39 is 8.07 Å². The summed E-state index contributed by atoms with van der Waals surface area (Å²) in [5, 5.41) is 1.22. The molecule has 1 nitrogen and oxygen atoms in total. The third-order valence-corrected chi connectivity index (χ3v) is 6.28. The van der Waals surface area contributed by atoms with Crippen molar-refractivity contribution in [3.63, 3.8) is 0 Å². The van der Waals surface area contributed by atoms with E-state index in [-0.39, 0.29) is 0 Å². The zero-order valence-electron chi connectivity index (χ0n) is 9.66. The first-order valence-corrected chi connectivity index (χ1v) is 9.43. The van der Waals surface area contributed by atoms with Gasteiger partial charge in [-0.25, -0.2) is 0 Å². The van der Waals surface area contributed by atoms with Gasteiger partial charge in [-0.3, -0.25) is 4.79 Å². The van der Waals surface area contributed by atoms with E-state index in [1.807, 2.05) is 0 Å². The summed E-state index contributed by atoms with van der Waals surface area (Å²) in [7, 11) is -1.40. The number of allylic oxidation sites excluding steroid dienone is 4. The van der Waals surface area contributed by atoms with Gasteiger partial charge < -0.3 is 0 Å². The second-order valence-electron chi connectivity index (χ2n) is 6.25. The zero-order valence-corrected chi connectivity index (χ0v) is 10.7. The largest absolute Gasteiger partial charge is 0.295 e. The average Bonchev–Trinajstić information content (AvgIpc) is 2.73. The molecule has 0 saturated heterocycles. The van der Waals surface area contributed by atoms with E-state index in [9.17, 15) is 4.79 Å². The molecule has 0 N–H and O–H groups in total. The molecule has 4 unspecified atom stereocenters. The summed E-state index contributed by atoms with van der Waals surface area (Å²) in [6, 6.07) is 0. The highest BCUT2D eigenvalue weighted by Gasteiger charge is 2.52. The molecule has 0 aromatic rings. The molecule has 0 radical (unpaired) electrons. The van der Waals surface area contributed by atoms with E-state index in [2.05, 4.69) is 37.9 Å². The molecule has 15 heavy (non-hydrogen) atoms. The molecule has 1 saturated carbocycles. The Balaban J connectivity index is 1.99. The summed E-state index contributed by atoms with van der Waals surface area (Å²) in [6.07, 6.45) is 8.19. The van der Waals surface area contributed by atoms with Crippen molar-refractivity contribution in [1.29, 1.82) is 0 Å². The Hall–Kier alpha value is -0.633. The summed E-state index contributed by atoms with van der Waals surface area (Å²) in [5.41, 5.74) is 0. The number of carbonyl (C=O) groups is 1. The highest BCUT2D eigenvalue weighted by molar-refractivity contribution is 6.87. The van der Waals surface area contributed by atoms with Crippen LogP contribution in [0.2, 0.25) is 19.6 Å². The molecule has 3 rings (SSSR count). The van der Waals surface area contributed by atoms with Gasteiger partial charge in [-0.2, -0.15) is 0 Å². The van der Waals surface area contributed by atoms with Crippen LogP contribution in [-0.2, 0) is 4.79 Å². The maximum Gasteiger partial charge on any atom is 0.158 e. The van der Waals surface area contributed by atoms with Crippen molar-refractivity contribution < 1.29 is 4.79 Å². The maximum atomic E-state index is 12.4. The normalized spacial score (nSPS) is 42.3. The van der Waals surface area contributed by atoms with Gasteiger partial charge >= 0.3 is 0 Å². The zero-order chi connectivity index (χ0) is 10.8. The predicted octanol–water partition coefficient (Wildman–Crippen LogP) is 2.81. The van der Waals surface area contributed by atoms with E-state index >= 15 is 0 Å². The summed E-state index contributed by atoms with van der Waals surface area (Å²) in [4.78, 5) is 12.4. The first kappa shape index (κ1) is 9.58. The third-order valence-electron chi connectivity index (χ3n) is 4.26. The molecule has 0 aromatic carbocycles. The molecule has 2 heteroatoms.